The van der Waals surface area contributed by atoms with Gasteiger partial charge >= 0.3 is 5.97 Å². The summed E-state index contributed by atoms with van der Waals surface area (Å²) in [5.41, 5.74) is 0. The Hall–Kier alpha value is -0.250. The van der Waals surface area contributed by atoms with Crippen molar-refractivity contribution in [3.63, 3.8) is 0 Å². The predicted octanol–water partition coefficient (Wildman–Crippen LogP) is 0.541. The van der Waals surface area contributed by atoms with Gasteiger partial charge in [-0.3, -0.25) is 0 Å². The summed E-state index contributed by atoms with van der Waals surface area (Å²) in [4.78, 5) is 11.7. The first-order valence-corrected chi connectivity index (χ1v) is 7.11. The van der Waals surface area contributed by atoms with E-state index in [2.05, 4.69) is 15.9 Å². The molecule has 3 aliphatic rings. The third kappa shape index (κ3) is 2.10. The first-order valence-electron chi connectivity index (χ1n) is 6.31. The molecule has 0 spiro atoms. The lowest BCUT2D eigenvalue weighted by atomic mass is 10.1. The Kier molecular flexibility index (Phi) is 3.39. The fourth-order valence-electron chi connectivity index (χ4n) is 2.75. The fourth-order valence-corrected chi connectivity index (χ4v) is 3.37. The molecule has 3 saturated heterocycles. The number of fused-ring (bicyclic) bond motifs is 1. The molecule has 3 rings (SSSR count). The average Bonchev–Trinajstić information content (AvgIpc) is 2.83. The van der Waals surface area contributed by atoms with Crippen LogP contribution in [0.1, 0.15) is 13.8 Å². The van der Waals surface area contributed by atoms with Crippen LogP contribution in [0.25, 0.3) is 0 Å². The molecule has 0 aromatic rings. The van der Waals surface area contributed by atoms with Crippen LogP contribution in [0.15, 0.2) is 0 Å². The largest absolute Gasteiger partial charge is 0.466 e. The predicted molar refractivity (Wildman–Crippen MR) is 68.0 cm³/mol. The molecule has 0 aromatic heterocycles. The van der Waals surface area contributed by atoms with E-state index in [-0.39, 0.29) is 12.2 Å². The van der Waals surface area contributed by atoms with Gasteiger partial charge in [0.25, 0.3) is 0 Å². The highest BCUT2D eigenvalue weighted by Crippen LogP contribution is 2.51. The molecule has 20 heavy (non-hydrogen) atoms. The minimum Gasteiger partial charge on any atom is -0.466 e. The van der Waals surface area contributed by atoms with Gasteiger partial charge in [-0.05, 0) is 29.8 Å². The lowest BCUT2D eigenvalue weighted by Gasteiger charge is -2.24. The summed E-state index contributed by atoms with van der Waals surface area (Å²) >= 11 is 3.24. The molecule has 0 saturated carbocycles. The highest BCUT2D eigenvalue weighted by atomic mass is 79.9. The van der Waals surface area contributed by atoms with Crippen molar-refractivity contribution in [1.29, 1.82) is 0 Å². The number of epoxide rings is 1. The molecule has 3 heterocycles. The summed E-state index contributed by atoms with van der Waals surface area (Å²) in [7, 11) is 2.87. The van der Waals surface area contributed by atoms with E-state index >= 15 is 0 Å². The zero-order valence-electron chi connectivity index (χ0n) is 11.6. The molecule has 0 amide bonds. The van der Waals surface area contributed by atoms with Gasteiger partial charge in [0.05, 0.1) is 7.11 Å². The SMILES string of the molecule is COC(=O)C1(Br)OC1[C@H]1O[C@@H]2OC(C)(C)O[C@@H]2[C@H]1OC. The van der Waals surface area contributed by atoms with Gasteiger partial charge in [-0.25, -0.2) is 4.79 Å². The molecule has 3 aliphatic heterocycles. The van der Waals surface area contributed by atoms with Gasteiger partial charge in [-0.1, -0.05) is 0 Å². The van der Waals surface area contributed by atoms with Crippen LogP contribution in [0.2, 0.25) is 0 Å². The third-order valence-corrected chi connectivity index (χ3v) is 4.63. The first-order chi connectivity index (χ1) is 9.32. The van der Waals surface area contributed by atoms with Crippen molar-refractivity contribution < 1.29 is 33.2 Å². The van der Waals surface area contributed by atoms with E-state index in [1.807, 2.05) is 13.8 Å². The number of ether oxygens (including phenoxy) is 6. The van der Waals surface area contributed by atoms with E-state index in [0.717, 1.165) is 0 Å². The first kappa shape index (κ1) is 14.7. The summed E-state index contributed by atoms with van der Waals surface area (Å²) in [6.07, 6.45) is -2.22. The molecule has 0 aromatic carbocycles. The average molecular weight is 353 g/mol. The summed E-state index contributed by atoms with van der Waals surface area (Å²) in [5.74, 6) is -1.21. The van der Waals surface area contributed by atoms with Crippen molar-refractivity contribution >= 4 is 21.9 Å². The number of hydrogen-bond donors (Lipinski definition) is 0. The second-order valence-electron chi connectivity index (χ2n) is 5.44. The minimum absolute atomic E-state index is 0.349. The highest BCUT2D eigenvalue weighted by molar-refractivity contribution is 9.10. The molecule has 0 bridgehead atoms. The normalized spacial score (nSPS) is 49.0. The van der Waals surface area contributed by atoms with Crippen LogP contribution in [0.5, 0.6) is 0 Å². The number of carbonyl (C=O) groups is 1. The number of rotatable bonds is 3. The van der Waals surface area contributed by atoms with Gasteiger partial charge in [0.1, 0.15) is 24.4 Å². The number of methoxy groups -OCH3 is 2. The molecule has 2 unspecified atom stereocenters. The van der Waals surface area contributed by atoms with Crippen LogP contribution in [-0.2, 0) is 33.2 Å². The van der Waals surface area contributed by atoms with E-state index in [1.54, 1.807) is 7.11 Å². The van der Waals surface area contributed by atoms with Crippen LogP contribution in [-0.4, -0.2) is 61.2 Å². The van der Waals surface area contributed by atoms with Crippen molar-refractivity contribution in [2.45, 2.75) is 54.9 Å². The maximum atomic E-state index is 11.7. The van der Waals surface area contributed by atoms with Crippen molar-refractivity contribution in [1.82, 2.24) is 0 Å². The summed E-state index contributed by atoms with van der Waals surface area (Å²) in [5, 5.41) is 0. The van der Waals surface area contributed by atoms with Crippen LogP contribution in [0.3, 0.4) is 0 Å². The van der Waals surface area contributed by atoms with Crippen molar-refractivity contribution in [3.8, 4) is 0 Å². The van der Waals surface area contributed by atoms with E-state index in [4.69, 9.17) is 28.4 Å². The Morgan fingerprint density at radius 1 is 1.15 bits per heavy atom. The lowest BCUT2D eigenvalue weighted by Crippen LogP contribution is -2.41. The van der Waals surface area contributed by atoms with Crippen molar-refractivity contribution in [2.24, 2.45) is 0 Å². The van der Waals surface area contributed by atoms with Crippen LogP contribution >= 0.6 is 15.9 Å². The lowest BCUT2D eigenvalue weighted by molar-refractivity contribution is -0.218. The Morgan fingerprint density at radius 3 is 2.45 bits per heavy atom. The number of alkyl halides is 1. The smallest absolute Gasteiger partial charge is 0.352 e. The number of hydrogen-bond acceptors (Lipinski definition) is 7. The minimum atomic E-state index is -1.17. The molecule has 6 atom stereocenters. The zero-order valence-corrected chi connectivity index (χ0v) is 13.2. The number of esters is 1. The van der Waals surface area contributed by atoms with E-state index in [9.17, 15) is 4.79 Å². The molecule has 0 N–H and O–H groups in total. The van der Waals surface area contributed by atoms with Crippen molar-refractivity contribution in [3.05, 3.63) is 0 Å². The Labute approximate surface area is 124 Å². The molecule has 3 fully saturated rings. The second kappa shape index (κ2) is 4.62. The molecule has 0 radical (unpaired) electrons. The van der Waals surface area contributed by atoms with Gasteiger partial charge in [-0.15, -0.1) is 0 Å². The highest BCUT2D eigenvalue weighted by Gasteiger charge is 2.71. The Bertz CT molecular complexity index is 428. The molecule has 8 heteroatoms. The molecule has 7 nitrogen and oxygen atoms in total. The molecule has 0 aliphatic carbocycles. The topological polar surface area (TPSA) is 75.8 Å². The monoisotopic (exact) mass is 352 g/mol. The van der Waals surface area contributed by atoms with Gasteiger partial charge in [-0.2, -0.15) is 0 Å². The summed E-state index contributed by atoms with van der Waals surface area (Å²) < 4.78 is 31.6. The Morgan fingerprint density at radius 2 is 1.85 bits per heavy atom. The zero-order chi connectivity index (χ0) is 14.7. The maximum absolute atomic E-state index is 11.7. The number of halogens is 1. The van der Waals surface area contributed by atoms with Crippen LogP contribution in [0.4, 0.5) is 0 Å². The molecular weight excluding hydrogens is 336 g/mol. The second-order valence-corrected chi connectivity index (χ2v) is 6.62. The number of carbonyl (C=O) groups excluding carboxylic acids is 1. The van der Waals surface area contributed by atoms with Gasteiger partial charge in [0.15, 0.2) is 12.1 Å². The fraction of sp³-hybridized carbons (Fsp3) is 0.917. The summed E-state index contributed by atoms with van der Waals surface area (Å²) in [6, 6.07) is 0. The molecular formula is C12H17BrO7. The van der Waals surface area contributed by atoms with Crippen molar-refractivity contribution in [2.75, 3.05) is 14.2 Å². The standard InChI is InChI=1S/C12H17BrO7/c1-11(2)18-7-5(15-3)6(17-9(7)20-11)8-12(13,19-8)10(14)16-4/h5-9H,1-4H3/t5-,6-,7+,8?,9+,12?/m0/s1. The third-order valence-electron chi connectivity index (χ3n) is 3.67. The summed E-state index contributed by atoms with van der Waals surface area (Å²) in [6.45, 7) is 3.63. The Balaban J connectivity index is 1.73. The van der Waals surface area contributed by atoms with Gasteiger partial charge in [0.2, 0.25) is 4.51 Å². The van der Waals surface area contributed by atoms with Gasteiger partial charge in [0, 0.05) is 7.11 Å². The molecule has 114 valence electrons. The van der Waals surface area contributed by atoms with Crippen LogP contribution < -0.4 is 0 Å². The maximum Gasteiger partial charge on any atom is 0.352 e. The van der Waals surface area contributed by atoms with E-state index < -0.39 is 34.8 Å². The van der Waals surface area contributed by atoms with E-state index in [1.165, 1.54) is 7.11 Å². The van der Waals surface area contributed by atoms with Crippen LogP contribution in [0, 0.1) is 0 Å². The van der Waals surface area contributed by atoms with E-state index in [0.29, 0.717) is 0 Å². The van der Waals surface area contributed by atoms with Gasteiger partial charge < -0.3 is 28.4 Å². The quantitative estimate of drug-likeness (QED) is 0.416.